The molecule has 0 N–H and O–H groups in total. The van der Waals surface area contributed by atoms with Crippen LogP contribution >= 0.6 is 0 Å². The smallest absolute Gasteiger partial charge is 0.0894 e. The maximum absolute atomic E-state index is 5.27. The van der Waals surface area contributed by atoms with Crippen LogP contribution in [0.4, 0.5) is 0 Å². The standard InChI is InChI=1S/C8H14O/c1-7-6-8(2,3)4-5-9-7/h6H,4-5H2,1-3H3. The molecule has 0 aliphatic carbocycles. The van der Waals surface area contributed by atoms with Crippen molar-refractivity contribution in [2.45, 2.75) is 27.2 Å². The first-order valence-corrected chi connectivity index (χ1v) is 3.42. The van der Waals surface area contributed by atoms with Gasteiger partial charge in [-0.1, -0.05) is 13.8 Å². The molecule has 1 heteroatoms. The Morgan fingerprint density at radius 2 is 2.22 bits per heavy atom. The van der Waals surface area contributed by atoms with Crippen LogP contribution < -0.4 is 0 Å². The molecule has 9 heavy (non-hydrogen) atoms. The molecule has 0 atom stereocenters. The van der Waals surface area contributed by atoms with Crippen molar-refractivity contribution < 1.29 is 4.74 Å². The quantitative estimate of drug-likeness (QED) is 0.484. The Hall–Kier alpha value is -0.460. The highest BCUT2D eigenvalue weighted by Crippen LogP contribution is 2.28. The molecule has 52 valence electrons. The van der Waals surface area contributed by atoms with Crippen LogP contribution in [-0.2, 0) is 4.74 Å². The highest BCUT2D eigenvalue weighted by atomic mass is 16.5. The lowest BCUT2D eigenvalue weighted by molar-refractivity contribution is 0.150. The number of hydrogen-bond acceptors (Lipinski definition) is 1. The van der Waals surface area contributed by atoms with Crippen molar-refractivity contribution in [2.75, 3.05) is 6.61 Å². The third kappa shape index (κ3) is 1.74. The SMILES string of the molecule is CC1=CC(C)(C)CCO1. The summed E-state index contributed by atoms with van der Waals surface area (Å²) in [5, 5.41) is 0. The minimum atomic E-state index is 0.363. The molecule has 0 bridgehead atoms. The van der Waals surface area contributed by atoms with E-state index < -0.39 is 0 Å². The minimum Gasteiger partial charge on any atom is -0.499 e. The van der Waals surface area contributed by atoms with E-state index in [1.807, 2.05) is 6.92 Å². The van der Waals surface area contributed by atoms with E-state index >= 15 is 0 Å². The van der Waals surface area contributed by atoms with E-state index in [9.17, 15) is 0 Å². The maximum atomic E-state index is 5.27. The first-order valence-electron chi connectivity index (χ1n) is 3.42. The van der Waals surface area contributed by atoms with Crippen LogP contribution in [-0.4, -0.2) is 6.61 Å². The summed E-state index contributed by atoms with van der Waals surface area (Å²) in [5.74, 6) is 1.08. The molecule has 0 saturated carbocycles. The lowest BCUT2D eigenvalue weighted by atomic mass is 9.88. The summed E-state index contributed by atoms with van der Waals surface area (Å²) < 4.78 is 5.27. The molecule has 0 aromatic rings. The Morgan fingerprint density at radius 1 is 1.56 bits per heavy atom. The third-order valence-corrected chi connectivity index (χ3v) is 1.67. The summed E-state index contributed by atoms with van der Waals surface area (Å²) in [6, 6.07) is 0. The van der Waals surface area contributed by atoms with Gasteiger partial charge in [0.1, 0.15) is 0 Å². The van der Waals surface area contributed by atoms with Crippen molar-refractivity contribution in [2.24, 2.45) is 5.41 Å². The van der Waals surface area contributed by atoms with E-state index in [1.165, 1.54) is 0 Å². The van der Waals surface area contributed by atoms with Gasteiger partial charge in [0.05, 0.1) is 12.4 Å². The molecule has 0 unspecified atom stereocenters. The highest BCUT2D eigenvalue weighted by Gasteiger charge is 2.18. The Balaban J connectivity index is 2.68. The first kappa shape index (κ1) is 6.66. The average Bonchev–Trinajstić information content (AvgIpc) is 1.60. The van der Waals surface area contributed by atoms with Gasteiger partial charge in [0.15, 0.2) is 0 Å². The van der Waals surface area contributed by atoms with Gasteiger partial charge in [-0.3, -0.25) is 0 Å². The number of allylic oxidation sites excluding steroid dienone is 2. The molecule has 0 radical (unpaired) electrons. The first-order chi connectivity index (χ1) is 4.10. The summed E-state index contributed by atoms with van der Waals surface area (Å²) in [4.78, 5) is 0. The van der Waals surface area contributed by atoms with Gasteiger partial charge in [0, 0.05) is 0 Å². The number of rotatable bonds is 0. The summed E-state index contributed by atoms with van der Waals surface area (Å²) in [5.41, 5.74) is 0.363. The average molecular weight is 126 g/mol. The predicted molar refractivity (Wildman–Crippen MR) is 38.1 cm³/mol. The summed E-state index contributed by atoms with van der Waals surface area (Å²) >= 11 is 0. The Morgan fingerprint density at radius 3 is 2.56 bits per heavy atom. The Labute approximate surface area is 56.7 Å². The second-order valence-electron chi connectivity index (χ2n) is 3.34. The molecule has 1 heterocycles. The minimum absolute atomic E-state index is 0.363. The second-order valence-corrected chi connectivity index (χ2v) is 3.34. The summed E-state index contributed by atoms with van der Waals surface area (Å²) in [6.45, 7) is 7.37. The fourth-order valence-corrected chi connectivity index (χ4v) is 1.14. The summed E-state index contributed by atoms with van der Waals surface area (Å²) in [7, 11) is 0. The van der Waals surface area contributed by atoms with Gasteiger partial charge in [-0.05, 0) is 24.8 Å². The molecule has 0 saturated heterocycles. The molecule has 0 amide bonds. The van der Waals surface area contributed by atoms with Crippen LogP contribution in [0.1, 0.15) is 27.2 Å². The third-order valence-electron chi connectivity index (χ3n) is 1.67. The number of ether oxygens (including phenoxy) is 1. The number of hydrogen-bond donors (Lipinski definition) is 0. The second kappa shape index (κ2) is 2.05. The van der Waals surface area contributed by atoms with Crippen LogP contribution in [0.2, 0.25) is 0 Å². The highest BCUT2D eigenvalue weighted by molar-refractivity contribution is 5.01. The van der Waals surface area contributed by atoms with Crippen molar-refractivity contribution in [1.82, 2.24) is 0 Å². The van der Waals surface area contributed by atoms with Crippen LogP contribution in [0.15, 0.2) is 11.8 Å². The van der Waals surface area contributed by atoms with Crippen LogP contribution in [0, 0.1) is 5.41 Å². The fraction of sp³-hybridized carbons (Fsp3) is 0.750. The normalized spacial score (nSPS) is 24.6. The van der Waals surface area contributed by atoms with Gasteiger partial charge < -0.3 is 4.74 Å². The van der Waals surface area contributed by atoms with Gasteiger partial charge in [-0.25, -0.2) is 0 Å². The lowest BCUT2D eigenvalue weighted by Gasteiger charge is -2.26. The molecule has 1 aliphatic heterocycles. The topological polar surface area (TPSA) is 9.23 Å². The molecule has 0 aromatic heterocycles. The fourth-order valence-electron chi connectivity index (χ4n) is 1.14. The summed E-state index contributed by atoms with van der Waals surface area (Å²) in [6.07, 6.45) is 3.33. The van der Waals surface area contributed by atoms with Crippen LogP contribution in [0.3, 0.4) is 0 Å². The molecule has 1 rings (SSSR count). The molecule has 0 aromatic carbocycles. The molecule has 1 nitrogen and oxygen atoms in total. The molecule has 1 aliphatic rings. The molecular formula is C8H14O. The van der Waals surface area contributed by atoms with Crippen molar-refractivity contribution in [3.63, 3.8) is 0 Å². The zero-order chi connectivity index (χ0) is 6.91. The lowest BCUT2D eigenvalue weighted by Crippen LogP contribution is -2.16. The van der Waals surface area contributed by atoms with Crippen molar-refractivity contribution in [3.05, 3.63) is 11.8 Å². The van der Waals surface area contributed by atoms with Gasteiger partial charge in [-0.2, -0.15) is 0 Å². The van der Waals surface area contributed by atoms with Gasteiger partial charge >= 0.3 is 0 Å². The molecule has 0 spiro atoms. The predicted octanol–water partition coefficient (Wildman–Crippen LogP) is 2.34. The van der Waals surface area contributed by atoms with Crippen molar-refractivity contribution in [1.29, 1.82) is 0 Å². The Bertz CT molecular complexity index is 134. The largest absolute Gasteiger partial charge is 0.499 e. The van der Waals surface area contributed by atoms with E-state index in [4.69, 9.17) is 4.74 Å². The molecule has 0 fully saturated rings. The van der Waals surface area contributed by atoms with E-state index in [0.717, 1.165) is 18.8 Å². The van der Waals surface area contributed by atoms with E-state index in [0.29, 0.717) is 5.41 Å². The Kier molecular flexibility index (Phi) is 1.52. The molecular weight excluding hydrogens is 112 g/mol. The van der Waals surface area contributed by atoms with Crippen LogP contribution in [0.25, 0.3) is 0 Å². The van der Waals surface area contributed by atoms with E-state index in [-0.39, 0.29) is 0 Å². The monoisotopic (exact) mass is 126 g/mol. The van der Waals surface area contributed by atoms with Crippen LogP contribution in [0.5, 0.6) is 0 Å². The van der Waals surface area contributed by atoms with Crippen molar-refractivity contribution in [3.8, 4) is 0 Å². The van der Waals surface area contributed by atoms with Gasteiger partial charge in [0.25, 0.3) is 0 Å². The van der Waals surface area contributed by atoms with Gasteiger partial charge in [0.2, 0.25) is 0 Å². The van der Waals surface area contributed by atoms with E-state index in [2.05, 4.69) is 19.9 Å². The zero-order valence-electron chi connectivity index (χ0n) is 6.40. The van der Waals surface area contributed by atoms with Crippen molar-refractivity contribution >= 4 is 0 Å². The van der Waals surface area contributed by atoms with Gasteiger partial charge in [-0.15, -0.1) is 0 Å². The zero-order valence-corrected chi connectivity index (χ0v) is 6.40. The van der Waals surface area contributed by atoms with E-state index in [1.54, 1.807) is 0 Å². The maximum Gasteiger partial charge on any atom is 0.0894 e.